The number of hydrogen-bond acceptors (Lipinski definition) is 1. The number of hydrogen-bond donors (Lipinski definition) is 1. The molecule has 0 aliphatic heterocycles. The minimum atomic E-state index is 0.576. The van der Waals surface area contributed by atoms with Crippen molar-refractivity contribution in [3.63, 3.8) is 0 Å². The predicted molar refractivity (Wildman–Crippen MR) is 89.5 cm³/mol. The van der Waals surface area contributed by atoms with Crippen molar-refractivity contribution in [2.45, 2.75) is 44.6 Å². The van der Waals surface area contributed by atoms with E-state index >= 15 is 0 Å². The van der Waals surface area contributed by atoms with E-state index in [1.807, 2.05) is 0 Å². The summed E-state index contributed by atoms with van der Waals surface area (Å²) in [7, 11) is 0. The van der Waals surface area contributed by atoms with E-state index in [1.165, 1.54) is 49.7 Å². The minimum Gasteiger partial charge on any atom is -0.310 e. The van der Waals surface area contributed by atoms with Gasteiger partial charge in [-0.05, 0) is 61.8 Å². The number of unbranched alkanes of at least 4 members (excludes halogenated alkanes) is 1. The molecule has 0 heterocycles. The van der Waals surface area contributed by atoms with E-state index in [1.54, 1.807) is 5.56 Å². The summed E-state index contributed by atoms with van der Waals surface area (Å²) >= 11 is 0. The number of rotatable bonds is 6. The lowest BCUT2D eigenvalue weighted by Crippen LogP contribution is -2.26. The standard InChI is InChI=1S/C20H25N/c1-2-9-17(10-3-1)11-6-7-16-21-20-15-8-13-18-12-4-5-14-19(18)20/h1-5,9-10,12,14,20-21H,6-8,11,13,15-16H2. The fourth-order valence-corrected chi connectivity index (χ4v) is 3.34. The average Bonchev–Trinajstić information content (AvgIpc) is 2.56. The summed E-state index contributed by atoms with van der Waals surface area (Å²) in [5, 5.41) is 3.76. The molecule has 2 aromatic carbocycles. The smallest absolute Gasteiger partial charge is 0.0323 e. The summed E-state index contributed by atoms with van der Waals surface area (Å²) in [6.45, 7) is 1.13. The highest BCUT2D eigenvalue weighted by molar-refractivity contribution is 5.32. The first-order chi connectivity index (χ1) is 10.4. The van der Waals surface area contributed by atoms with Crippen molar-refractivity contribution in [1.82, 2.24) is 5.32 Å². The Kier molecular flexibility index (Phi) is 5.07. The van der Waals surface area contributed by atoms with Gasteiger partial charge in [-0.15, -0.1) is 0 Å². The van der Waals surface area contributed by atoms with Gasteiger partial charge in [0.2, 0.25) is 0 Å². The van der Waals surface area contributed by atoms with Crippen LogP contribution in [-0.2, 0) is 12.8 Å². The van der Waals surface area contributed by atoms with Gasteiger partial charge in [-0.3, -0.25) is 0 Å². The van der Waals surface area contributed by atoms with Crippen molar-refractivity contribution in [2.75, 3.05) is 6.54 Å². The van der Waals surface area contributed by atoms with Crippen LogP contribution in [0, 0.1) is 0 Å². The van der Waals surface area contributed by atoms with Crippen LogP contribution in [0.3, 0.4) is 0 Å². The zero-order chi connectivity index (χ0) is 14.3. The molecule has 1 aliphatic rings. The Bertz CT molecular complexity index is 547. The van der Waals surface area contributed by atoms with E-state index in [4.69, 9.17) is 0 Å². The highest BCUT2D eigenvalue weighted by Crippen LogP contribution is 2.29. The molecule has 2 aromatic rings. The zero-order valence-electron chi connectivity index (χ0n) is 12.7. The third kappa shape index (κ3) is 3.95. The van der Waals surface area contributed by atoms with Gasteiger partial charge in [-0.25, -0.2) is 0 Å². The van der Waals surface area contributed by atoms with E-state index in [0.717, 1.165) is 6.54 Å². The Balaban J connectivity index is 1.42. The molecule has 0 bridgehead atoms. The Morgan fingerprint density at radius 2 is 1.71 bits per heavy atom. The number of benzene rings is 2. The van der Waals surface area contributed by atoms with E-state index in [-0.39, 0.29) is 0 Å². The second-order valence-corrected chi connectivity index (χ2v) is 6.04. The average molecular weight is 279 g/mol. The van der Waals surface area contributed by atoms with Crippen LogP contribution in [0.1, 0.15) is 48.4 Å². The normalized spacial score (nSPS) is 17.4. The van der Waals surface area contributed by atoms with Crippen molar-refractivity contribution < 1.29 is 0 Å². The van der Waals surface area contributed by atoms with E-state index in [0.29, 0.717) is 6.04 Å². The van der Waals surface area contributed by atoms with Crippen molar-refractivity contribution in [3.05, 3.63) is 71.3 Å². The molecule has 0 saturated carbocycles. The van der Waals surface area contributed by atoms with Crippen LogP contribution in [0.15, 0.2) is 54.6 Å². The van der Waals surface area contributed by atoms with Crippen LogP contribution in [0.5, 0.6) is 0 Å². The van der Waals surface area contributed by atoms with Gasteiger partial charge < -0.3 is 5.32 Å². The van der Waals surface area contributed by atoms with Crippen LogP contribution in [-0.4, -0.2) is 6.54 Å². The second kappa shape index (κ2) is 7.42. The maximum absolute atomic E-state index is 3.76. The first kappa shape index (κ1) is 14.3. The lowest BCUT2D eigenvalue weighted by Gasteiger charge is -2.26. The van der Waals surface area contributed by atoms with Crippen molar-refractivity contribution in [1.29, 1.82) is 0 Å². The van der Waals surface area contributed by atoms with Crippen LogP contribution in [0.25, 0.3) is 0 Å². The van der Waals surface area contributed by atoms with Gasteiger partial charge in [0.15, 0.2) is 0 Å². The summed E-state index contributed by atoms with van der Waals surface area (Å²) in [4.78, 5) is 0. The Morgan fingerprint density at radius 3 is 2.62 bits per heavy atom. The molecule has 110 valence electrons. The molecule has 0 fully saturated rings. The van der Waals surface area contributed by atoms with Gasteiger partial charge in [0.1, 0.15) is 0 Å². The summed E-state index contributed by atoms with van der Waals surface area (Å²) in [5.41, 5.74) is 4.54. The lowest BCUT2D eigenvalue weighted by atomic mass is 9.88. The van der Waals surface area contributed by atoms with Crippen molar-refractivity contribution in [3.8, 4) is 0 Å². The second-order valence-electron chi connectivity index (χ2n) is 6.04. The topological polar surface area (TPSA) is 12.0 Å². The Labute approximate surface area is 128 Å². The predicted octanol–water partition coefficient (Wildman–Crippen LogP) is 4.68. The van der Waals surface area contributed by atoms with Crippen LogP contribution < -0.4 is 5.32 Å². The number of fused-ring (bicyclic) bond motifs is 1. The summed E-state index contributed by atoms with van der Waals surface area (Å²) in [5.74, 6) is 0. The number of nitrogens with one attached hydrogen (secondary N) is 1. The molecule has 1 aliphatic carbocycles. The zero-order valence-corrected chi connectivity index (χ0v) is 12.7. The monoisotopic (exact) mass is 279 g/mol. The van der Waals surface area contributed by atoms with E-state index in [9.17, 15) is 0 Å². The van der Waals surface area contributed by atoms with Gasteiger partial charge in [0, 0.05) is 6.04 Å². The van der Waals surface area contributed by atoms with Gasteiger partial charge in [0.25, 0.3) is 0 Å². The molecule has 0 spiro atoms. The minimum absolute atomic E-state index is 0.576. The van der Waals surface area contributed by atoms with Gasteiger partial charge >= 0.3 is 0 Å². The molecule has 1 nitrogen and oxygen atoms in total. The fraction of sp³-hybridized carbons (Fsp3) is 0.400. The summed E-state index contributed by atoms with van der Waals surface area (Å²) < 4.78 is 0. The molecule has 0 saturated heterocycles. The molecular formula is C20H25N. The summed E-state index contributed by atoms with van der Waals surface area (Å²) in [6, 6.07) is 20.3. The Hall–Kier alpha value is -1.60. The van der Waals surface area contributed by atoms with E-state index < -0.39 is 0 Å². The first-order valence-electron chi connectivity index (χ1n) is 8.28. The molecule has 0 amide bonds. The maximum Gasteiger partial charge on any atom is 0.0323 e. The molecule has 1 atom stereocenters. The first-order valence-corrected chi connectivity index (χ1v) is 8.28. The third-order valence-electron chi connectivity index (χ3n) is 4.50. The Morgan fingerprint density at radius 1 is 0.905 bits per heavy atom. The van der Waals surface area contributed by atoms with Crippen molar-refractivity contribution >= 4 is 0 Å². The van der Waals surface area contributed by atoms with E-state index in [2.05, 4.69) is 59.9 Å². The molecule has 0 radical (unpaired) electrons. The fourth-order valence-electron chi connectivity index (χ4n) is 3.34. The van der Waals surface area contributed by atoms with Crippen molar-refractivity contribution in [2.24, 2.45) is 0 Å². The highest BCUT2D eigenvalue weighted by Gasteiger charge is 2.18. The van der Waals surface area contributed by atoms with Crippen LogP contribution in [0.4, 0.5) is 0 Å². The third-order valence-corrected chi connectivity index (χ3v) is 4.50. The molecule has 0 aromatic heterocycles. The van der Waals surface area contributed by atoms with Gasteiger partial charge in [0.05, 0.1) is 0 Å². The molecule has 3 rings (SSSR count). The molecular weight excluding hydrogens is 254 g/mol. The van der Waals surface area contributed by atoms with Gasteiger partial charge in [-0.2, -0.15) is 0 Å². The largest absolute Gasteiger partial charge is 0.310 e. The maximum atomic E-state index is 3.76. The summed E-state index contributed by atoms with van der Waals surface area (Å²) in [6.07, 6.45) is 7.58. The van der Waals surface area contributed by atoms with Gasteiger partial charge in [-0.1, -0.05) is 54.6 Å². The molecule has 21 heavy (non-hydrogen) atoms. The SMILES string of the molecule is c1ccc(CCCCNC2CCCc3ccccc32)cc1. The quantitative estimate of drug-likeness (QED) is 0.757. The van der Waals surface area contributed by atoms with Crippen LogP contribution in [0.2, 0.25) is 0 Å². The highest BCUT2D eigenvalue weighted by atomic mass is 14.9. The number of aryl methyl sites for hydroxylation is 2. The lowest BCUT2D eigenvalue weighted by molar-refractivity contribution is 0.452. The molecule has 1 heteroatoms. The molecule has 1 unspecified atom stereocenters. The molecule has 1 N–H and O–H groups in total. The van der Waals surface area contributed by atoms with Crippen LogP contribution >= 0.6 is 0 Å².